The number of hydrogen-bond donors (Lipinski definition) is 1. The maximum absolute atomic E-state index is 5.83. The molecular formula is C15H15N5O. The summed E-state index contributed by atoms with van der Waals surface area (Å²) in [6.45, 7) is 1.55. The Bertz CT molecular complexity index is 798. The molecule has 1 aromatic carbocycles. The van der Waals surface area contributed by atoms with Crippen LogP contribution in [0.5, 0.6) is 5.75 Å². The molecule has 1 aliphatic rings. The highest BCUT2D eigenvalue weighted by Crippen LogP contribution is 2.34. The van der Waals surface area contributed by atoms with Gasteiger partial charge in [-0.3, -0.25) is 0 Å². The number of rotatable bonds is 2. The fourth-order valence-corrected chi connectivity index (χ4v) is 2.88. The number of nitrogens with two attached hydrogens (primary N) is 1. The topological polar surface area (TPSA) is 78.9 Å². The van der Waals surface area contributed by atoms with E-state index in [0.717, 1.165) is 31.0 Å². The maximum Gasteiger partial charge on any atom is 0.165 e. The van der Waals surface area contributed by atoms with Gasteiger partial charge >= 0.3 is 0 Å². The van der Waals surface area contributed by atoms with Crippen LogP contribution in [0.3, 0.4) is 0 Å². The van der Waals surface area contributed by atoms with Crippen molar-refractivity contribution in [3.63, 3.8) is 0 Å². The molecule has 6 heteroatoms. The van der Waals surface area contributed by atoms with Crippen molar-refractivity contribution in [3.8, 4) is 5.75 Å². The Morgan fingerprint density at radius 3 is 3.10 bits per heavy atom. The van der Waals surface area contributed by atoms with E-state index in [4.69, 9.17) is 10.5 Å². The van der Waals surface area contributed by atoms with Crippen molar-refractivity contribution >= 4 is 17.0 Å². The van der Waals surface area contributed by atoms with Crippen LogP contribution >= 0.6 is 0 Å². The predicted octanol–water partition coefficient (Wildman–Crippen LogP) is 1.97. The highest BCUT2D eigenvalue weighted by molar-refractivity contribution is 5.81. The third-order valence-electron chi connectivity index (χ3n) is 3.93. The molecule has 106 valence electrons. The van der Waals surface area contributed by atoms with Crippen LogP contribution in [0.2, 0.25) is 0 Å². The third kappa shape index (κ3) is 1.99. The zero-order valence-corrected chi connectivity index (χ0v) is 11.4. The minimum absolute atomic E-state index is 0.392. The molecule has 4 rings (SSSR count). The fourth-order valence-electron chi connectivity index (χ4n) is 2.88. The molecule has 3 aromatic rings. The van der Waals surface area contributed by atoms with E-state index in [0.29, 0.717) is 17.3 Å². The summed E-state index contributed by atoms with van der Waals surface area (Å²) in [6, 6.07) is 8.20. The number of benzene rings is 1. The molecule has 21 heavy (non-hydrogen) atoms. The lowest BCUT2D eigenvalue weighted by Crippen LogP contribution is -2.18. The van der Waals surface area contributed by atoms with Crippen molar-refractivity contribution < 1.29 is 4.74 Å². The van der Waals surface area contributed by atoms with Gasteiger partial charge in [-0.15, -0.1) is 0 Å². The van der Waals surface area contributed by atoms with Gasteiger partial charge in [-0.1, -0.05) is 18.2 Å². The van der Waals surface area contributed by atoms with Crippen LogP contribution in [0, 0.1) is 0 Å². The molecule has 0 radical (unpaired) electrons. The SMILES string of the molecule is Nc1ncnc2c1ncn2CC1CCOc2ccccc21. The third-order valence-corrected chi connectivity index (χ3v) is 3.93. The quantitative estimate of drug-likeness (QED) is 0.777. The lowest BCUT2D eigenvalue weighted by molar-refractivity contribution is 0.259. The summed E-state index contributed by atoms with van der Waals surface area (Å²) >= 11 is 0. The van der Waals surface area contributed by atoms with E-state index in [1.165, 1.54) is 11.9 Å². The summed E-state index contributed by atoms with van der Waals surface area (Å²) in [5, 5.41) is 0. The van der Waals surface area contributed by atoms with Gasteiger partial charge in [0, 0.05) is 12.5 Å². The van der Waals surface area contributed by atoms with Gasteiger partial charge in [0.05, 0.1) is 12.9 Å². The highest BCUT2D eigenvalue weighted by Gasteiger charge is 2.22. The van der Waals surface area contributed by atoms with Crippen molar-refractivity contribution in [2.24, 2.45) is 0 Å². The minimum Gasteiger partial charge on any atom is -0.493 e. The van der Waals surface area contributed by atoms with Gasteiger partial charge in [-0.25, -0.2) is 15.0 Å². The van der Waals surface area contributed by atoms with Gasteiger partial charge in [0.1, 0.15) is 17.6 Å². The van der Waals surface area contributed by atoms with Crippen molar-refractivity contribution in [2.75, 3.05) is 12.3 Å². The van der Waals surface area contributed by atoms with Crippen molar-refractivity contribution in [1.29, 1.82) is 0 Å². The van der Waals surface area contributed by atoms with Crippen molar-refractivity contribution in [3.05, 3.63) is 42.5 Å². The number of para-hydroxylation sites is 1. The first kappa shape index (κ1) is 12.1. The Hall–Kier alpha value is -2.63. The van der Waals surface area contributed by atoms with Crippen molar-refractivity contribution in [2.45, 2.75) is 18.9 Å². The van der Waals surface area contributed by atoms with Gasteiger partial charge < -0.3 is 15.0 Å². The summed E-state index contributed by atoms with van der Waals surface area (Å²) in [5.41, 5.74) is 8.52. The van der Waals surface area contributed by atoms with E-state index >= 15 is 0 Å². The van der Waals surface area contributed by atoms with Gasteiger partial charge in [-0.05, 0) is 18.1 Å². The second-order valence-corrected chi connectivity index (χ2v) is 5.20. The van der Waals surface area contributed by atoms with E-state index in [1.807, 2.05) is 22.8 Å². The molecule has 0 amide bonds. The molecule has 1 unspecified atom stereocenters. The number of fused-ring (bicyclic) bond motifs is 2. The maximum atomic E-state index is 5.83. The summed E-state index contributed by atoms with van der Waals surface area (Å²) < 4.78 is 7.75. The predicted molar refractivity (Wildman–Crippen MR) is 79.0 cm³/mol. The molecule has 0 fully saturated rings. The van der Waals surface area contributed by atoms with Crippen LogP contribution in [-0.2, 0) is 6.54 Å². The number of nitrogens with zero attached hydrogens (tertiary/aromatic N) is 4. The Balaban J connectivity index is 1.71. The van der Waals surface area contributed by atoms with Crippen LogP contribution in [0.1, 0.15) is 17.9 Å². The average molecular weight is 281 g/mol. The number of aromatic nitrogens is 4. The van der Waals surface area contributed by atoms with Gasteiger partial charge in [-0.2, -0.15) is 0 Å². The van der Waals surface area contributed by atoms with Crippen molar-refractivity contribution in [1.82, 2.24) is 19.5 Å². The molecule has 2 N–H and O–H groups in total. The lowest BCUT2D eigenvalue weighted by atomic mass is 9.93. The summed E-state index contributed by atoms with van der Waals surface area (Å²) in [7, 11) is 0. The first-order chi connectivity index (χ1) is 10.3. The van der Waals surface area contributed by atoms with Gasteiger partial charge in [0.15, 0.2) is 11.5 Å². The number of imidazole rings is 1. The number of ether oxygens (including phenoxy) is 1. The molecular weight excluding hydrogens is 266 g/mol. The standard InChI is InChI=1S/C15H15N5O/c16-14-13-15(18-8-17-14)20(9-19-13)7-10-5-6-21-12-4-2-1-3-11(10)12/h1-4,8-10H,5-7H2,(H2,16,17,18). The minimum atomic E-state index is 0.392. The van der Waals surface area contributed by atoms with E-state index in [2.05, 4.69) is 21.0 Å². The molecule has 0 aliphatic carbocycles. The van der Waals surface area contributed by atoms with Gasteiger partial charge in [0.25, 0.3) is 0 Å². The monoisotopic (exact) mass is 281 g/mol. The molecule has 0 saturated heterocycles. The summed E-state index contributed by atoms with van der Waals surface area (Å²) in [4.78, 5) is 12.6. The molecule has 0 spiro atoms. The zero-order valence-electron chi connectivity index (χ0n) is 11.4. The number of anilines is 1. The molecule has 1 atom stereocenters. The fraction of sp³-hybridized carbons (Fsp3) is 0.267. The van der Waals surface area contributed by atoms with Crippen LogP contribution in [0.25, 0.3) is 11.2 Å². The van der Waals surface area contributed by atoms with Crippen LogP contribution in [-0.4, -0.2) is 26.1 Å². The zero-order chi connectivity index (χ0) is 14.2. The molecule has 6 nitrogen and oxygen atoms in total. The largest absolute Gasteiger partial charge is 0.493 e. The number of nitrogen functional groups attached to an aromatic ring is 1. The van der Waals surface area contributed by atoms with Crippen LogP contribution in [0.4, 0.5) is 5.82 Å². The molecule has 3 heterocycles. The smallest absolute Gasteiger partial charge is 0.165 e. The molecule has 0 saturated carbocycles. The summed E-state index contributed by atoms with van der Waals surface area (Å²) in [5.74, 6) is 1.79. The Kier molecular flexibility index (Phi) is 2.73. The Labute approximate surface area is 121 Å². The summed E-state index contributed by atoms with van der Waals surface area (Å²) in [6.07, 6.45) is 4.25. The van der Waals surface area contributed by atoms with E-state index in [1.54, 1.807) is 6.33 Å². The average Bonchev–Trinajstić information content (AvgIpc) is 2.92. The van der Waals surface area contributed by atoms with E-state index < -0.39 is 0 Å². The second kappa shape index (κ2) is 4.73. The van der Waals surface area contributed by atoms with E-state index in [-0.39, 0.29) is 0 Å². The van der Waals surface area contributed by atoms with Gasteiger partial charge in [0.2, 0.25) is 0 Å². The Morgan fingerprint density at radius 2 is 2.14 bits per heavy atom. The normalized spacial score (nSPS) is 17.4. The highest BCUT2D eigenvalue weighted by atomic mass is 16.5. The van der Waals surface area contributed by atoms with Crippen LogP contribution < -0.4 is 10.5 Å². The Morgan fingerprint density at radius 1 is 1.24 bits per heavy atom. The van der Waals surface area contributed by atoms with E-state index in [9.17, 15) is 0 Å². The van der Waals surface area contributed by atoms with Crippen LogP contribution in [0.15, 0.2) is 36.9 Å². The lowest BCUT2D eigenvalue weighted by Gasteiger charge is -2.26. The molecule has 0 bridgehead atoms. The second-order valence-electron chi connectivity index (χ2n) is 5.20. The molecule has 2 aromatic heterocycles. The number of hydrogen-bond acceptors (Lipinski definition) is 5. The molecule has 1 aliphatic heterocycles. The first-order valence-electron chi connectivity index (χ1n) is 6.96. The first-order valence-corrected chi connectivity index (χ1v) is 6.96.